The van der Waals surface area contributed by atoms with Gasteiger partial charge in [0, 0.05) is 23.6 Å². The first-order valence-electron chi connectivity index (χ1n) is 7.20. The Morgan fingerprint density at radius 3 is 2.59 bits per heavy atom. The fraction of sp³-hybridized carbons (Fsp3) is 0.176. The van der Waals surface area contributed by atoms with Crippen LogP contribution in [0.15, 0.2) is 60.8 Å². The maximum atomic E-state index is 12.1. The molecule has 0 aliphatic heterocycles. The lowest BCUT2D eigenvalue weighted by Gasteiger charge is -2.08. The van der Waals surface area contributed by atoms with Crippen molar-refractivity contribution in [3.05, 3.63) is 71.9 Å². The smallest absolute Gasteiger partial charge is 0.215 e. The summed E-state index contributed by atoms with van der Waals surface area (Å²) in [5.74, 6) is 0.0161. The van der Waals surface area contributed by atoms with Crippen LogP contribution in [-0.4, -0.2) is 19.9 Å². The van der Waals surface area contributed by atoms with E-state index in [0.29, 0.717) is 13.0 Å². The Hall–Kier alpha value is -2.11. The van der Waals surface area contributed by atoms with Crippen LogP contribution in [0.25, 0.3) is 10.9 Å². The second kappa shape index (κ2) is 6.34. The lowest BCUT2D eigenvalue weighted by molar-refractivity contribution is 0.581. The van der Waals surface area contributed by atoms with Crippen molar-refractivity contribution in [2.75, 3.05) is 6.54 Å². The summed E-state index contributed by atoms with van der Waals surface area (Å²) < 4.78 is 26.8. The molecule has 2 N–H and O–H groups in total. The van der Waals surface area contributed by atoms with Crippen LogP contribution in [0.2, 0.25) is 0 Å². The van der Waals surface area contributed by atoms with Gasteiger partial charge in [0.2, 0.25) is 10.0 Å². The van der Waals surface area contributed by atoms with Gasteiger partial charge in [-0.1, -0.05) is 42.5 Å². The zero-order chi connectivity index (χ0) is 15.4. The monoisotopic (exact) mass is 314 g/mol. The molecule has 0 bridgehead atoms. The SMILES string of the molecule is O=S(=O)(Cc1ccccc1)NCCc1cccc2[nH]ccc12. The van der Waals surface area contributed by atoms with Crippen molar-refractivity contribution in [1.29, 1.82) is 0 Å². The van der Waals surface area contributed by atoms with Crippen molar-refractivity contribution in [2.45, 2.75) is 12.2 Å². The second-order valence-corrected chi connectivity index (χ2v) is 7.05. The number of aromatic nitrogens is 1. The summed E-state index contributed by atoms with van der Waals surface area (Å²) in [5, 5.41) is 1.14. The number of hydrogen-bond donors (Lipinski definition) is 2. The van der Waals surface area contributed by atoms with Crippen LogP contribution in [0.3, 0.4) is 0 Å². The van der Waals surface area contributed by atoms with Gasteiger partial charge in [-0.05, 0) is 29.7 Å². The Morgan fingerprint density at radius 1 is 0.955 bits per heavy atom. The minimum absolute atomic E-state index is 0.0161. The molecule has 1 heterocycles. The normalized spacial score (nSPS) is 11.8. The highest BCUT2D eigenvalue weighted by Gasteiger charge is 2.11. The first kappa shape index (κ1) is 14.8. The second-order valence-electron chi connectivity index (χ2n) is 5.25. The maximum Gasteiger partial charge on any atom is 0.215 e. The maximum absolute atomic E-state index is 12.1. The van der Waals surface area contributed by atoms with Crippen molar-refractivity contribution in [1.82, 2.24) is 9.71 Å². The van der Waals surface area contributed by atoms with Gasteiger partial charge in [0.05, 0.1) is 5.75 Å². The number of rotatable bonds is 6. The fourth-order valence-electron chi connectivity index (χ4n) is 2.55. The summed E-state index contributed by atoms with van der Waals surface area (Å²) in [4.78, 5) is 3.16. The van der Waals surface area contributed by atoms with Gasteiger partial charge in [-0.15, -0.1) is 0 Å². The average molecular weight is 314 g/mol. The molecule has 5 heteroatoms. The lowest BCUT2D eigenvalue weighted by atomic mass is 10.1. The van der Waals surface area contributed by atoms with Crippen LogP contribution in [0, 0.1) is 0 Å². The zero-order valence-corrected chi connectivity index (χ0v) is 12.9. The molecule has 2 aromatic carbocycles. The third-order valence-corrected chi connectivity index (χ3v) is 4.96. The van der Waals surface area contributed by atoms with Gasteiger partial charge < -0.3 is 4.98 Å². The number of hydrogen-bond acceptors (Lipinski definition) is 2. The molecule has 0 unspecified atom stereocenters. The largest absolute Gasteiger partial charge is 0.361 e. The molecule has 4 nitrogen and oxygen atoms in total. The van der Waals surface area contributed by atoms with Gasteiger partial charge in [-0.2, -0.15) is 0 Å². The van der Waals surface area contributed by atoms with E-state index in [1.54, 1.807) is 0 Å². The molecule has 0 saturated carbocycles. The third-order valence-electron chi connectivity index (χ3n) is 3.60. The number of H-pyrrole nitrogens is 1. The quantitative estimate of drug-likeness (QED) is 0.735. The molecule has 3 aromatic rings. The molecule has 0 fully saturated rings. The predicted octanol–water partition coefficient (Wildman–Crippen LogP) is 2.83. The van der Waals surface area contributed by atoms with Gasteiger partial charge in [0.15, 0.2) is 0 Å². The number of fused-ring (bicyclic) bond motifs is 1. The minimum Gasteiger partial charge on any atom is -0.361 e. The van der Waals surface area contributed by atoms with E-state index < -0.39 is 10.0 Å². The summed E-state index contributed by atoms with van der Waals surface area (Å²) in [7, 11) is -3.30. The lowest BCUT2D eigenvalue weighted by Crippen LogP contribution is -2.27. The van der Waals surface area contributed by atoms with Crippen molar-refractivity contribution in [2.24, 2.45) is 0 Å². The Labute approximate surface area is 130 Å². The van der Waals surface area contributed by atoms with Gasteiger partial charge in [0.1, 0.15) is 0 Å². The van der Waals surface area contributed by atoms with E-state index in [-0.39, 0.29) is 5.75 Å². The molecule has 0 aliphatic rings. The first-order chi connectivity index (χ1) is 10.6. The molecule has 22 heavy (non-hydrogen) atoms. The molecule has 3 rings (SSSR count). The third kappa shape index (κ3) is 3.55. The van der Waals surface area contributed by atoms with E-state index in [1.807, 2.05) is 60.8 Å². The number of aromatic amines is 1. The molecule has 0 atom stereocenters. The molecule has 0 spiro atoms. The molecular weight excluding hydrogens is 296 g/mol. The van der Waals surface area contributed by atoms with Crippen LogP contribution in [0.1, 0.15) is 11.1 Å². The van der Waals surface area contributed by atoms with Crippen molar-refractivity contribution >= 4 is 20.9 Å². The average Bonchev–Trinajstić information content (AvgIpc) is 2.97. The molecule has 114 valence electrons. The molecule has 0 radical (unpaired) electrons. The summed E-state index contributed by atoms with van der Waals surface area (Å²) in [6, 6.07) is 17.2. The van der Waals surface area contributed by atoms with Crippen molar-refractivity contribution in [3.63, 3.8) is 0 Å². The number of sulfonamides is 1. The van der Waals surface area contributed by atoms with Crippen LogP contribution in [0.4, 0.5) is 0 Å². The van der Waals surface area contributed by atoms with E-state index in [0.717, 1.165) is 22.0 Å². The highest BCUT2D eigenvalue weighted by Crippen LogP contribution is 2.17. The summed E-state index contributed by atoms with van der Waals surface area (Å²) >= 11 is 0. The van der Waals surface area contributed by atoms with Gasteiger partial charge >= 0.3 is 0 Å². The molecule has 0 aliphatic carbocycles. The number of benzene rings is 2. The molecule has 1 aromatic heterocycles. The van der Waals surface area contributed by atoms with Crippen LogP contribution < -0.4 is 4.72 Å². The fourth-order valence-corrected chi connectivity index (χ4v) is 3.70. The van der Waals surface area contributed by atoms with Gasteiger partial charge in [0.25, 0.3) is 0 Å². The topological polar surface area (TPSA) is 62.0 Å². The minimum atomic E-state index is -3.30. The Morgan fingerprint density at radius 2 is 1.77 bits per heavy atom. The van der Waals surface area contributed by atoms with E-state index >= 15 is 0 Å². The van der Waals surface area contributed by atoms with Crippen LogP contribution >= 0.6 is 0 Å². The molecule has 0 amide bonds. The molecular formula is C17H18N2O2S. The molecule has 0 saturated heterocycles. The summed E-state index contributed by atoms with van der Waals surface area (Å²) in [6.07, 6.45) is 2.57. The van der Waals surface area contributed by atoms with Crippen molar-refractivity contribution < 1.29 is 8.42 Å². The highest BCUT2D eigenvalue weighted by molar-refractivity contribution is 7.88. The van der Waals surface area contributed by atoms with Crippen LogP contribution in [-0.2, 0) is 22.2 Å². The Kier molecular flexibility index (Phi) is 4.27. The van der Waals surface area contributed by atoms with Gasteiger partial charge in [-0.25, -0.2) is 13.1 Å². The van der Waals surface area contributed by atoms with E-state index in [1.165, 1.54) is 0 Å². The van der Waals surface area contributed by atoms with Crippen molar-refractivity contribution in [3.8, 4) is 0 Å². The van der Waals surface area contributed by atoms with Crippen LogP contribution in [0.5, 0.6) is 0 Å². The van der Waals surface area contributed by atoms with Gasteiger partial charge in [-0.3, -0.25) is 0 Å². The van der Waals surface area contributed by atoms with E-state index in [2.05, 4.69) is 9.71 Å². The Balaban J connectivity index is 1.62. The summed E-state index contributed by atoms with van der Waals surface area (Å²) in [5.41, 5.74) is 3.01. The zero-order valence-electron chi connectivity index (χ0n) is 12.1. The summed E-state index contributed by atoms with van der Waals surface area (Å²) in [6.45, 7) is 0.402. The first-order valence-corrected chi connectivity index (χ1v) is 8.85. The van der Waals surface area contributed by atoms with E-state index in [9.17, 15) is 8.42 Å². The standard InChI is InChI=1S/C17H18N2O2S/c20-22(21,13-14-5-2-1-3-6-14)19-12-9-15-7-4-8-17-16(15)10-11-18-17/h1-8,10-11,18-19H,9,12-13H2. The number of nitrogens with one attached hydrogen (secondary N) is 2. The predicted molar refractivity (Wildman–Crippen MR) is 89.1 cm³/mol. The highest BCUT2D eigenvalue weighted by atomic mass is 32.2. The van der Waals surface area contributed by atoms with E-state index in [4.69, 9.17) is 0 Å². The Bertz CT molecular complexity index is 855.